The highest BCUT2D eigenvalue weighted by molar-refractivity contribution is 5.85. The van der Waals surface area contributed by atoms with Crippen LogP contribution in [0.2, 0.25) is 0 Å². The molecule has 0 aromatic heterocycles. The Hall–Kier alpha value is -2.95. The highest BCUT2D eigenvalue weighted by atomic mass is 16.6. The lowest BCUT2D eigenvalue weighted by molar-refractivity contribution is -0.169. The van der Waals surface area contributed by atoms with E-state index in [1.54, 1.807) is 24.3 Å². The molecule has 1 aliphatic heterocycles. The number of fused-ring (bicyclic) bond motifs is 2. The molecule has 1 saturated carbocycles. The van der Waals surface area contributed by atoms with Crippen molar-refractivity contribution in [1.29, 1.82) is 0 Å². The van der Waals surface area contributed by atoms with Crippen LogP contribution >= 0.6 is 0 Å². The molecule has 3 aromatic carbocycles. The number of ether oxygens (including phenoxy) is 1. The topological polar surface area (TPSA) is 49.8 Å². The van der Waals surface area contributed by atoms with Crippen molar-refractivity contribution in [1.82, 2.24) is 4.90 Å². The molecular weight excluding hydrogens is 398 g/mol. The van der Waals surface area contributed by atoms with E-state index in [-0.39, 0.29) is 18.2 Å². The SMILES string of the molecule is CC(c1ccccc1)N1CC2CCC1C2OC(=O)C(O)(c1ccccc1)c1ccccc1. The van der Waals surface area contributed by atoms with E-state index in [4.69, 9.17) is 4.74 Å². The lowest BCUT2D eigenvalue weighted by Gasteiger charge is -2.33. The lowest BCUT2D eigenvalue weighted by atomic mass is 9.86. The summed E-state index contributed by atoms with van der Waals surface area (Å²) in [5.41, 5.74) is 0.489. The summed E-state index contributed by atoms with van der Waals surface area (Å²) in [6, 6.07) is 29.1. The number of aliphatic hydroxyl groups is 1. The Morgan fingerprint density at radius 3 is 2.00 bits per heavy atom. The molecule has 0 spiro atoms. The monoisotopic (exact) mass is 427 g/mol. The molecule has 3 aromatic rings. The number of nitrogens with zero attached hydrogens (tertiary/aromatic N) is 1. The van der Waals surface area contributed by atoms with E-state index < -0.39 is 11.6 Å². The predicted octanol–water partition coefficient (Wildman–Crippen LogP) is 4.69. The van der Waals surface area contributed by atoms with Gasteiger partial charge in [0.15, 0.2) is 0 Å². The molecule has 4 nitrogen and oxygen atoms in total. The van der Waals surface area contributed by atoms with Crippen LogP contribution < -0.4 is 0 Å². The standard InChI is InChI=1S/C28H29NO3/c1-20(21-11-5-2-6-12-21)29-19-22-17-18-25(29)26(22)32-27(30)28(31,23-13-7-3-8-14-23)24-15-9-4-10-16-24/h2-16,20,22,25-26,31H,17-19H2,1H3. The van der Waals surface area contributed by atoms with Gasteiger partial charge in [0.2, 0.25) is 5.60 Å². The zero-order chi connectivity index (χ0) is 22.1. The number of benzene rings is 3. The number of carbonyl (C=O) groups is 1. The number of likely N-dealkylation sites (tertiary alicyclic amines) is 1. The van der Waals surface area contributed by atoms with Gasteiger partial charge in [-0.15, -0.1) is 0 Å². The summed E-state index contributed by atoms with van der Waals surface area (Å²) in [4.78, 5) is 16.1. The van der Waals surface area contributed by atoms with Crippen molar-refractivity contribution in [3.8, 4) is 0 Å². The van der Waals surface area contributed by atoms with Crippen molar-refractivity contribution < 1.29 is 14.6 Å². The molecule has 1 heterocycles. The molecule has 32 heavy (non-hydrogen) atoms. The second-order valence-corrected chi connectivity index (χ2v) is 9.00. The summed E-state index contributed by atoms with van der Waals surface area (Å²) in [7, 11) is 0. The van der Waals surface area contributed by atoms with Gasteiger partial charge >= 0.3 is 5.97 Å². The molecule has 4 atom stereocenters. The summed E-state index contributed by atoms with van der Waals surface area (Å²) in [5, 5.41) is 11.7. The first-order chi connectivity index (χ1) is 15.6. The summed E-state index contributed by atoms with van der Waals surface area (Å²) in [6.45, 7) is 3.13. The van der Waals surface area contributed by atoms with Crippen LogP contribution in [0.5, 0.6) is 0 Å². The van der Waals surface area contributed by atoms with Gasteiger partial charge in [-0.1, -0.05) is 91.0 Å². The van der Waals surface area contributed by atoms with E-state index in [0.29, 0.717) is 17.0 Å². The van der Waals surface area contributed by atoms with E-state index in [1.165, 1.54) is 5.56 Å². The molecule has 4 unspecified atom stereocenters. The van der Waals surface area contributed by atoms with Gasteiger partial charge in [-0.2, -0.15) is 0 Å². The van der Waals surface area contributed by atoms with Gasteiger partial charge in [-0.3, -0.25) is 4.90 Å². The zero-order valence-corrected chi connectivity index (χ0v) is 18.3. The lowest BCUT2D eigenvalue weighted by Crippen LogP contribution is -2.43. The van der Waals surface area contributed by atoms with Crippen LogP contribution in [0, 0.1) is 5.92 Å². The van der Waals surface area contributed by atoms with Crippen molar-refractivity contribution in [3.05, 3.63) is 108 Å². The third-order valence-corrected chi connectivity index (χ3v) is 7.25. The minimum Gasteiger partial charge on any atom is -0.458 e. The number of piperidine rings is 1. The molecule has 1 saturated heterocycles. The van der Waals surface area contributed by atoms with E-state index in [2.05, 4.69) is 36.1 Å². The van der Waals surface area contributed by atoms with Crippen LogP contribution in [0.3, 0.4) is 0 Å². The molecule has 4 heteroatoms. The Morgan fingerprint density at radius 1 is 0.906 bits per heavy atom. The molecule has 164 valence electrons. The Balaban J connectivity index is 1.41. The minimum atomic E-state index is -1.83. The van der Waals surface area contributed by atoms with Crippen molar-refractivity contribution in [3.63, 3.8) is 0 Å². The normalized spacial score (nSPS) is 23.8. The van der Waals surface area contributed by atoms with Crippen LogP contribution in [0.25, 0.3) is 0 Å². The molecule has 1 aliphatic carbocycles. The fourth-order valence-electron chi connectivity index (χ4n) is 5.50. The van der Waals surface area contributed by atoms with Gasteiger partial charge in [0.25, 0.3) is 0 Å². The fraction of sp³-hybridized carbons (Fsp3) is 0.321. The highest BCUT2D eigenvalue weighted by Gasteiger charge is 2.53. The Bertz CT molecular complexity index is 1010. The number of hydrogen-bond donors (Lipinski definition) is 1. The second kappa shape index (κ2) is 8.53. The average Bonchev–Trinajstić information content (AvgIpc) is 3.41. The van der Waals surface area contributed by atoms with Crippen molar-refractivity contribution in [2.24, 2.45) is 5.92 Å². The van der Waals surface area contributed by atoms with E-state index >= 15 is 0 Å². The summed E-state index contributed by atoms with van der Waals surface area (Å²) < 4.78 is 6.16. The Kier molecular flexibility index (Phi) is 5.58. The third kappa shape index (κ3) is 3.54. The first-order valence-corrected chi connectivity index (χ1v) is 11.4. The van der Waals surface area contributed by atoms with E-state index in [0.717, 1.165) is 19.4 Å². The maximum atomic E-state index is 13.6. The van der Waals surface area contributed by atoms with Crippen molar-refractivity contribution >= 4 is 5.97 Å². The molecule has 2 aliphatic rings. The summed E-state index contributed by atoms with van der Waals surface area (Å²) in [6.07, 6.45) is 1.86. The van der Waals surface area contributed by atoms with Gasteiger partial charge in [0.1, 0.15) is 6.10 Å². The Labute approximate surface area is 189 Å². The maximum absolute atomic E-state index is 13.6. The van der Waals surface area contributed by atoms with E-state index in [9.17, 15) is 9.90 Å². The largest absolute Gasteiger partial charge is 0.458 e. The zero-order valence-electron chi connectivity index (χ0n) is 18.3. The fourth-order valence-corrected chi connectivity index (χ4v) is 5.50. The number of carbonyl (C=O) groups excluding carboxylic acids is 1. The quantitative estimate of drug-likeness (QED) is 0.580. The Morgan fingerprint density at radius 2 is 1.44 bits per heavy atom. The number of rotatable bonds is 6. The van der Waals surface area contributed by atoms with Crippen LogP contribution in [-0.4, -0.2) is 34.7 Å². The predicted molar refractivity (Wildman–Crippen MR) is 124 cm³/mol. The molecule has 1 N–H and O–H groups in total. The molecule has 0 amide bonds. The van der Waals surface area contributed by atoms with Gasteiger partial charge < -0.3 is 9.84 Å². The second-order valence-electron chi connectivity index (χ2n) is 9.00. The smallest absolute Gasteiger partial charge is 0.348 e. The van der Waals surface area contributed by atoms with Crippen molar-refractivity contribution in [2.75, 3.05) is 6.54 Å². The average molecular weight is 428 g/mol. The van der Waals surface area contributed by atoms with Gasteiger partial charge in [-0.05, 0) is 36.5 Å². The maximum Gasteiger partial charge on any atom is 0.348 e. The first-order valence-electron chi connectivity index (χ1n) is 11.4. The summed E-state index contributed by atoms with van der Waals surface area (Å²) >= 11 is 0. The van der Waals surface area contributed by atoms with Crippen LogP contribution in [0.15, 0.2) is 91.0 Å². The molecule has 0 radical (unpaired) electrons. The van der Waals surface area contributed by atoms with Crippen LogP contribution in [0.1, 0.15) is 42.5 Å². The first kappa shape index (κ1) is 20.9. The number of esters is 1. The number of hydrogen-bond acceptors (Lipinski definition) is 4. The van der Waals surface area contributed by atoms with Crippen LogP contribution in [-0.2, 0) is 15.1 Å². The summed E-state index contributed by atoms with van der Waals surface area (Å²) in [5.74, 6) is -0.295. The molecule has 5 rings (SSSR count). The van der Waals surface area contributed by atoms with Gasteiger partial charge in [-0.25, -0.2) is 4.79 Å². The third-order valence-electron chi connectivity index (χ3n) is 7.25. The van der Waals surface area contributed by atoms with Crippen molar-refractivity contribution in [2.45, 2.75) is 43.6 Å². The van der Waals surface area contributed by atoms with E-state index in [1.807, 2.05) is 42.5 Å². The molecule has 2 bridgehead atoms. The van der Waals surface area contributed by atoms with Gasteiger partial charge in [0.05, 0.1) is 0 Å². The highest BCUT2D eigenvalue weighted by Crippen LogP contribution is 2.45. The van der Waals surface area contributed by atoms with Crippen LogP contribution in [0.4, 0.5) is 0 Å². The minimum absolute atomic E-state index is 0.176. The molecular formula is C28H29NO3. The molecule has 2 fully saturated rings. The van der Waals surface area contributed by atoms with Gasteiger partial charge in [0, 0.05) is 24.5 Å².